The Morgan fingerprint density at radius 3 is 2.80 bits per heavy atom. The van der Waals surface area contributed by atoms with Gasteiger partial charge in [-0.15, -0.1) is 0 Å². The fourth-order valence-electron chi connectivity index (χ4n) is 1.78. The molecule has 0 aliphatic heterocycles. The number of halogens is 2. The topological polar surface area (TPSA) is 37.8 Å². The fraction of sp³-hybridized carbons (Fsp3) is 0.333. The van der Waals surface area contributed by atoms with Crippen LogP contribution in [0.2, 0.25) is 0 Å². The lowest BCUT2D eigenvalue weighted by molar-refractivity contribution is 0.548. The van der Waals surface area contributed by atoms with E-state index < -0.39 is 0 Å². The summed E-state index contributed by atoms with van der Waals surface area (Å²) in [6, 6.07) is 6.39. The summed E-state index contributed by atoms with van der Waals surface area (Å²) in [5.41, 5.74) is 1.71. The summed E-state index contributed by atoms with van der Waals surface area (Å²) in [7, 11) is 0. The smallest absolute Gasteiger partial charge is 0.160 e. The number of hydrogen-bond donors (Lipinski definition) is 1. The van der Waals surface area contributed by atoms with E-state index in [4.69, 9.17) is 0 Å². The molecule has 0 amide bonds. The maximum Gasteiger partial charge on any atom is 0.160 e. The summed E-state index contributed by atoms with van der Waals surface area (Å²) >= 11 is 3.34. The average molecular weight is 338 g/mol. The lowest BCUT2D eigenvalue weighted by atomic mass is 10.2. The van der Waals surface area contributed by atoms with Crippen LogP contribution in [0.3, 0.4) is 0 Å². The average Bonchev–Trinajstić information content (AvgIpc) is 2.38. The van der Waals surface area contributed by atoms with Crippen LogP contribution >= 0.6 is 15.9 Å². The van der Waals surface area contributed by atoms with Crippen molar-refractivity contribution in [3.8, 4) is 11.4 Å². The molecule has 1 aromatic heterocycles. The number of nitrogens with zero attached hydrogens (tertiary/aromatic N) is 2. The van der Waals surface area contributed by atoms with Gasteiger partial charge in [-0.3, -0.25) is 0 Å². The van der Waals surface area contributed by atoms with Crippen molar-refractivity contribution in [1.29, 1.82) is 0 Å². The number of hydrogen-bond acceptors (Lipinski definition) is 3. The van der Waals surface area contributed by atoms with Crippen molar-refractivity contribution < 1.29 is 4.39 Å². The van der Waals surface area contributed by atoms with Gasteiger partial charge < -0.3 is 5.32 Å². The van der Waals surface area contributed by atoms with E-state index >= 15 is 0 Å². The first-order valence-corrected chi connectivity index (χ1v) is 7.33. The molecule has 106 valence electrons. The van der Waals surface area contributed by atoms with Gasteiger partial charge in [-0.2, -0.15) is 0 Å². The number of aromatic nitrogens is 2. The van der Waals surface area contributed by atoms with Crippen LogP contribution in [0.5, 0.6) is 0 Å². The highest BCUT2D eigenvalue weighted by atomic mass is 79.9. The third-order valence-electron chi connectivity index (χ3n) is 2.74. The third kappa shape index (κ3) is 4.08. The maximum atomic E-state index is 13.1. The quantitative estimate of drug-likeness (QED) is 0.901. The largest absolute Gasteiger partial charge is 0.311 e. The first-order chi connectivity index (χ1) is 9.56. The van der Waals surface area contributed by atoms with Crippen LogP contribution in [0.15, 0.2) is 34.9 Å². The van der Waals surface area contributed by atoms with Crippen LogP contribution < -0.4 is 5.32 Å². The lowest BCUT2D eigenvalue weighted by Crippen LogP contribution is -2.19. The Bertz CT molecular complexity index is 587. The van der Waals surface area contributed by atoms with E-state index in [2.05, 4.69) is 45.1 Å². The van der Waals surface area contributed by atoms with E-state index in [1.54, 1.807) is 12.3 Å². The molecule has 20 heavy (non-hydrogen) atoms. The minimum atomic E-state index is -0.282. The van der Waals surface area contributed by atoms with Crippen molar-refractivity contribution >= 4 is 15.9 Å². The molecule has 0 fully saturated rings. The van der Waals surface area contributed by atoms with E-state index in [0.717, 1.165) is 17.8 Å². The predicted molar refractivity (Wildman–Crippen MR) is 81.7 cm³/mol. The molecule has 0 unspecified atom stereocenters. The van der Waals surface area contributed by atoms with Crippen molar-refractivity contribution in [3.05, 3.63) is 46.4 Å². The normalized spacial score (nSPS) is 11.1. The summed E-state index contributed by atoms with van der Waals surface area (Å²) < 4.78 is 13.8. The van der Waals surface area contributed by atoms with E-state index in [1.807, 2.05) is 6.07 Å². The highest BCUT2D eigenvalue weighted by molar-refractivity contribution is 9.10. The highest BCUT2D eigenvalue weighted by Gasteiger charge is 2.08. The molecule has 1 heterocycles. The summed E-state index contributed by atoms with van der Waals surface area (Å²) in [5.74, 6) is 0.915. The molecule has 5 heteroatoms. The van der Waals surface area contributed by atoms with E-state index in [0.29, 0.717) is 22.8 Å². The highest BCUT2D eigenvalue weighted by Crippen LogP contribution is 2.26. The first-order valence-electron chi connectivity index (χ1n) is 6.54. The zero-order valence-corrected chi connectivity index (χ0v) is 13.1. The van der Waals surface area contributed by atoms with Gasteiger partial charge >= 0.3 is 0 Å². The van der Waals surface area contributed by atoms with Crippen LogP contribution in [-0.4, -0.2) is 16.5 Å². The van der Waals surface area contributed by atoms with Crippen LogP contribution in [0, 0.1) is 11.7 Å². The molecule has 1 aromatic carbocycles. The van der Waals surface area contributed by atoms with Crippen LogP contribution in [0.25, 0.3) is 11.4 Å². The molecule has 3 nitrogen and oxygen atoms in total. The van der Waals surface area contributed by atoms with Gasteiger partial charge in [-0.05, 0) is 52.7 Å². The molecule has 0 aliphatic rings. The molecular formula is C15H17BrFN3. The summed E-state index contributed by atoms with van der Waals surface area (Å²) in [4.78, 5) is 8.76. The van der Waals surface area contributed by atoms with Gasteiger partial charge in [0, 0.05) is 22.8 Å². The van der Waals surface area contributed by atoms with Gasteiger partial charge in [0.1, 0.15) is 5.82 Å². The summed E-state index contributed by atoms with van der Waals surface area (Å²) in [6.45, 7) is 5.97. The minimum absolute atomic E-state index is 0.282. The SMILES string of the molecule is CC(C)CNCc1ccnc(-c2ccc(F)cc2Br)n1. The standard InChI is InChI=1S/C15H17BrFN3/c1-10(2)8-18-9-12-5-6-19-15(20-12)13-4-3-11(17)7-14(13)16/h3-7,10,18H,8-9H2,1-2H3. The van der Waals surface area contributed by atoms with Crippen LogP contribution in [-0.2, 0) is 6.54 Å². The molecule has 0 spiro atoms. The second kappa shape index (κ2) is 6.90. The van der Waals surface area contributed by atoms with E-state index in [-0.39, 0.29) is 5.82 Å². The monoisotopic (exact) mass is 337 g/mol. The Labute approximate surface area is 126 Å². The van der Waals surface area contributed by atoms with Crippen LogP contribution in [0.4, 0.5) is 4.39 Å². The summed E-state index contributed by atoms with van der Waals surface area (Å²) in [5, 5.41) is 3.34. The van der Waals surface area contributed by atoms with Crippen LogP contribution in [0.1, 0.15) is 19.5 Å². The molecule has 0 aliphatic carbocycles. The Balaban J connectivity index is 2.16. The maximum absolute atomic E-state index is 13.1. The second-order valence-electron chi connectivity index (χ2n) is 5.02. The van der Waals surface area contributed by atoms with Crippen molar-refractivity contribution in [1.82, 2.24) is 15.3 Å². The molecule has 2 rings (SSSR count). The first kappa shape index (κ1) is 15.1. The van der Waals surface area contributed by atoms with Gasteiger partial charge in [0.15, 0.2) is 5.82 Å². The molecule has 2 aromatic rings. The van der Waals surface area contributed by atoms with Crippen molar-refractivity contribution in [2.45, 2.75) is 20.4 Å². The second-order valence-corrected chi connectivity index (χ2v) is 5.87. The molecule has 0 bridgehead atoms. The third-order valence-corrected chi connectivity index (χ3v) is 3.40. The molecule has 0 atom stereocenters. The Morgan fingerprint density at radius 1 is 1.30 bits per heavy atom. The molecule has 0 radical (unpaired) electrons. The Morgan fingerprint density at radius 2 is 2.10 bits per heavy atom. The zero-order chi connectivity index (χ0) is 14.5. The van der Waals surface area contributed by atoms with Gasteiger partial charge in [0.05, 0.1) is 5.69 Å². The molecule has 1 N–H and O–H groups in total. The zero-order valence-electron chi connectivity index (χ0n) is 11.5. The Kier molecular flexibility index (Phi) is 5.20. The predicted octanol–water partition coefficient (Wildman–Crippen LogP) is 3.79. The summed E-state index contributed by atoms with van der Waals surface area (Å²) in [6.07, 6.45) is 1.73. The lowest BCUT2D eigenvalue weighted by Gasteiger charge is -2.08. The van der Waals surface area contributed by atoms with E-state index in [1.165, 1.54) is 12.1 Å². The minimum Gasteiger partial charge on any atom is -0.311 e. The number of rotatable bonds is 5. The fourth-order valence-corrected chi connectivity index (χ4v) is 2.31. The van der Waals surface area contributed by atoms with Gasteiger partial charge in [-0.25, -0.2) is 14.4 Å². The van der Waals surface area contributed by atoms with Gasteiger partial charge in [0.25, 0.3) is 0 Å². The Hall–Kier alpha value is -1.33. The van der Waals surface area contributed by atoms with Gasteiger partial charge in [-0.1, -0.05) is 13.8 Å². The number of nitrogens with one attached hydrogen (secondary N) is 1. The number of benzene rings is 1. The van der Waals surface area contributed by atoms with Gasteiger partial charge in [0.2, 0.25) is 0 Å². The molecular weight excluding hydrogens is 321 g/mol. The molecule has 0 saturated heterocycles. The van der Waals surface area contributed by atoms with E-state index in [9.17, 15) is 4.39 Å². The van der Waals surface area contributed by atoms with Crippen molar-refractivity contribution in [2.75, 3.05) is 6.54 Å². The van der Waals surface area contributed by atoms with Crippen molar-refractivity contribution in [3.63, 3.8) is 0 Å². The molecule has 0 saturated carbocycles. The van der Waals surface area contributed by atoms with Crippen molar-refractivity contribution in [2.24, 2.45) is 5.92 Å².